The number of aromatic nitrogens is 2. The number of hydrogen-bond donors (Lipinski definition) is 0. The minimum atomic E-state index is -0.0331. The molecule has 0 radical (unpaired) electrons. The van der Waals surface area contributed by atoms with Crippen LogP contribution in [0.3, 0.4) is 0 Å². The van der Waals surface area contributed by atoms with Crippen molar-refractivity contribution in [1.82, 2.24) is 15.0 Å². The van der Waals surface area contributed by atoms with Gasteiger partial charge in [0.2, 0.25) is 11.8 Å². The van der Waals surface area contributed by atoms with Crippen molar-refractivity contribution in [3.05, 3.63) is 11.7 Å². The van der Waals surface area contributed by atoms with Gasteiger partial charge in [0.15, 0.2) is 5.82 Å². The Labute approximate surface area is 131 Å². The summed E-state index contributed by atoms with van der Waals surface area (Å²) in [5, 5.41) is 3.77. The molecule has 1 amide bonds. The van der Waals surface area contributed by atoms with Crippen LogP contribution in [0, 0.1) is 6.92 Å². The van der Waals surface area contributed by atoms with E-state index in [1.807, 2.05) is 0 Å². The zero-order valence-corrected chi connectivity index (χ0v) is 13.3. The molecule has 2 heterocycles. The van der Waals surface area contributed by atoms with Crippen molar-refractivity contribution in [3.63, 3.8) is 0 Å². The Morgan fingerprint density at radius 2 is 2.14 bits per heavy atom. The van der Waals surface area contributed by atoms with Crippen LogP contribution in [0.2, 0.25) is 0 Å². The van der Waals surface area contributed by atoms with Gasteiger partial charge in [0, 0.05) is 19.4 Å². The van der Waals surface area contributed by atoms with Gasteiger partial charge in [-0.1, -0.05) is 24.4 Å². The van der Waals surface area contributed by atoms with Crippen molar-refractivity contribution in [2.24, 2.45) is 0 Å². The Morgan fingerprint density at radius 1 is 1.32 bits per heavy atom. The summed E-state index contributed by atoms with van der Waals surface area (Å²) in [7, 11) is 0. The zero-order chi connectivity index (χ0) is 15.4. The van der Waals surface area contributed by atoms with Crippen LogP contribution in [0.25, 0.3) is 0 Å². The van der Waals surface area contributed by atoms with Gasteiger partial charge in [-0.15, -0.1) is 0 Å². The van der Waals surface area contributed by atoms with Crippen LogP contribution >= 0.6 is 0 Å². The molecule has 1 aliphatic carbocycles. The molecule has 1 aromatic heterocycles. The van der Waals surface area contributed by atoms with Gasteiger partial charge in [0.05, 0.1) is 18.8 Å². The molecule has 0 bridgehead atoms. The fraction of sp³-hybridized carbons (Fsp3) is 0.812. The number of rotatable bonds is 4. The highest BCUT2D eigenvalue weighted by Crippen LogP contribution is 2.36. The Morgan fingerprint density at radius 3 is 2.86 bits per heavy atom. The molecule has 1 saturated heterocycles. The van der Waals surface area contributed by atoms with Gasteiger partial charge in [-0.3, -0.25) is 4.79 Å². The average molecular weight is 307 g/mol. The fourth-order valence-electron chi connectivity index (χ4n) is 3.71. The van der Waals surface area contributed by atoms with Crippen molar-refractivity contribution in [1.29, 1.82) is 0 Å². The summed E-state index contributed by atoms with van der Waals surface area (Å²) in [6.45, 7) is 3.91. The normalized spacial score (nSPS) is 21.2. The standard InChI is InChI=1S/C16H25N3O3/c1-13-17-14(22-18-13)6-5-7-15(20)19-10-11-21-12-16(19)8-3-2-4-9-16/h2-12H2,1H3. The Hall–Kier alpha value is -1.43. The minimum absolute atomic E-state index is 0.0331. The lowest BCUT2D eigenvalue weighted by molar-refractivity contribution is -0.153. The Balaban J connectivity index is 1.55. The van der Waals surface area contributed by atoms with Gasteiger partial charge in [0.1, 0.15) is 0 Å². The minimum Gasteiger partial charge on any atom is -0.377 e. The first kappa shape index (κ1) is 15.5. The molecule has 0 atom stereocenters. The van der Waals surface area contributed by atoms with E-state index in [4.69, 9.17) is 9.26 Å². The van der Waals surface area contributed by atoms with Gasteiger partial charge in [-0.2, -0.15) is 4.98 Å². The van der Waals surface area contributed by atoms with Crippen molar-refractivity contribution in [2.75, 3.05) is 19.8 Å². The molecule has 1 aliphatic heterocycles. The third kappa shape index (κ3) is 3.32. The predicted molar refractivity (Wildman–Crippen MR) is 80.3 cm³/mol. The molecule has 6 nitrogen and oxygen atoms in total. The van der Waals surface area contributed by atoms with E-state index in [0.717, 1.165) is 25.8 Å². The quantitative estimate of drug-likeness (QED) is 0.853. The van der Waals surface area contributed by atoms with Crippen LogP contribution in [-0.2, 0) is 16.0 Å². The summed E-state index contributed by atoms with van der Waals surface area (Å²) in [6.07, 6.45) is 7.83. The topological polar surface area (TPSA) is 68.5 Å². The Bertz CT molecular complexity index is 500. The maximum absolute atomic E-state index is 12.7. The van der Waals surface area contributed by atoms with E-state index >= 15 is 0 Å². The Kier molecular flexibility index (Phi) is 4.76. The van der Waals surface area contributed by atoms with Crippen LogP contribution in [0.5, 0.6) is 0 Å². The second-order valence-corrected chi connectivity index (χ2v) is 6.47. The maximum atomic E-state index is 12.7. The van der Waals surface area contributed by atoms with E-state index < -0.39 is 0 Å². The highest BCUT2D eigenvalue weighted by molar-refractivity contribution is 5.77. The highest BCUT2D eigenvalue weighted by atomic mass is 16.5. The van der Waals surface area contributed by atoms with Crippen molar-refractivity contribution in [2.45, 2.75) is 63.8 Å². The lowest BCUT2D eigenvalue weighted by Gasteiger charge is -2.49. The van der Waals surface area contributed by atoms with Crippen LogP contribution in [-0.4, -0.2) is 46.2 Å². The molecule has 0 unspecified atom stereocenters. The van der Waals surface area contributed by atoms with Crippen molar-refractivity contribution in [3.8, 4) is 0 Å². The van der Waals surface area contributed by atoms with E-state index in [2.05, 4.69) is 15.0 Å². The number of carbonyl (C=O) groups is 1. The molecule has 3 rings (SSSR count). The van der Waals surface area contributed by atoms with E-state index in [0.29, 0.717) is 37.8 Å². The first-order chi connectivity index (χ1) is 10.7. The molecule has 1 saturated carbocycles. The third-order valence-corrected chi connectivity index (χ3v) is 4.84. The largest absolute Gasteiger partial charge is 0.377 e. The summed E-state index contributed by atoms with van der Waals surface area (Å²) >= 11 is 0. The van der Waals surface area contributed by atoms with Crippen molar-refractivity contribution >= 4 is 5.91 Å². The zero-order valence-electron chi connectivity index (χ0n) is 13.3. The number of nitrogens with zero attached hydrogens (tertiary/aromatic N) is 3. The molecule has 1 aromatic rings. The summed E-state index contributed by atoms with van der Waals surface area (Å²) in [4.78, 5) is 19.0. The number of aryl methyl sites for hydroxylation is 2. The molecular formula is C16H25N3O3. The van der Waals surface area contributed by atoms with Crippen LogP contribution in [0.4, 0.5) is 0 Å². The molecule has 0 N–H and O–H groups in total. The molecule has 1 spiro atoms. The monoisotopic (exact) mass is 307 g/mol. The molecule has 2 aliphatic rings. The van der Waals surface area contributed by atoms with Crippen LogP contribution < -0.4 is 0 Å². The SMILES string of the molecule is Cc1noc(CCCC(=O)N2CCOCC23CCCCC3)n1. The number of morpholine rings is 1. The smallest absolute Gasteiger partial charge is 0.226 e. The first-order valence-electron chi connectivity index (χ1n) is 8.37. The van der Waals surface area contributed by atoms with E-state index in [1.54, 1.807) is 6.92 Å². The van der Waals surface area contributed by atoms with E-state index in [1.165, 1.54) is 19.3 Å². The van der Waals surface area contributed by atoms with Gasteiger partial charge < -0.3 is 14.2 Å². The predicted octanol–water partition coefficient (Wildman–Crippen LogP) is 2.26. The summed E-state index contributed by atoms with van der Waals surface area (Å²) < 4.78 is 10.8. The lowest BCUT2D eigenvalue weighted by atomic mass is 9.80. The van der Waals surface area contributed by atoms with Gasteiger partial charge in [0.25, 0.3) is 0 Å². The molecule has 22 heavy (non-hydrogen) atoms. The third-order valence-electron chi connectivity index (χ3n) is 4.84. The first-order valence-corrected chi connectivity index (χ1v) is 8.37. The second-order valence-electron chi connectivity index (χ2n) is 6.47. The maximum Gasteiger partial charge on any atom is 0.226 e. The van der Waals surface area contributed by atoms with Gasteiger partial charge in [-0.05, 0) is 26.2 Å². The molecule has 2 fully saturated rings. The van der Waals surface area contributed by atoms with Gasteiger partial charge >= 0.3 is 0 Å². The fourth-order valence-corrected chi connectivity index (χ4v) is 3.71. The highest BCUT2D eigenvalue weighted by Gasteiger charge is 2.42. The van der Waals surface area contributed by atoms with E-state index in [-0.39, 0.29) is 11.4 Å². The van der Waals surface area contributed by atoms with Crippen LogP contribution in [0.15, 0.2) is 4.52 Å². The number of carbonyl (C=O) groups excluding carboxylic acids is 1. The lowest BCUT2D eigenvalue weighted by Crippen LogP contribution is -2.59. The number of ether oxygens (including phenoxy) is 1. The molecule has 6 heteroatoms. The summed E-state index contributed by atoms with van der Waals surface area (Å²) in [5.41, 5.74) is -0.0331. The second kappa shape index (κ2) is 6.77. The van der Waals surface area contributed by atoms with Crippen molar-refractivity contribution < 1.29 is 14.1 Å². The van der Waals surface area contributed by atoms with Gasteiger partial charge in [-0.25, -0.2) is 0 Å². The molecular weight excluding hydrogens is 282 g/mol. The number of hydrogen-bond acceptors (Lipinski definition) is 5. The van der Waals surface area contributed by atoms with Crippen LogP contribution in [0.1, 0.15) is 56.7 Å². The van der Waals surface area contributed by atoms with E-state index in [9.17, 15) is 4.79 Å². The summed E-state index contributed by atoms with van der Waals surface area (Å²) in [5.74, 6) is 1.52. The summed E-state index contributed by atoms with van der Waals surface area (Å²) in [6, 6.07) is 0. The average Bonchev–Trinajstić information content (AvgIpc) is 2.94. The molecule has 0 aromatic carbocycles. The molecule has 122 valence electrons. The number of amides is 1.